The van der Waals surface area contributed by atoms with Crippen molar-refractivity contribution in [2.45, 2.75) is 19.8 Å². The van der Waals surface area contributed by atoms with Gasteiger partial charge >= 0.3 is 0 Å². The number of nitrogens with one attached hydrogen (secondary N) is 1. The molecule has 0 aliphatic carbocycles. The first-order valence-electron chi connectivity index (χ1n) is 5.56. The molecule has 1 saturated heterocycles. The number of carbonyl (C=O) groups excluding carboxylic acids is 1. The van der Waals surface area contributed by atoms with Gasteiger partial charge in [-0.15, -0.1) is 0 Å². The third-order valence-corrected chi connectivity index (χ3v) is 2.98. The van der Waals surface area contributed by atoms with Crippen molar-refractivity contribution in [3.63, 3.8) is 0 Å². The van der Waals surface area contributed by atoms with Gasteiger partial charge in [-0.3, -0.25) is 4.79 Å². The summed E-state index contributed by atoms with van der Waals surface area (Å²) in [5, 5.41) is 3.29. The number of hydrogen-bond donors (Lipinski definition) is 1. The van der Waals surface area contributed by atoms with E-state index in [0.717, 1.165) is 30.6 Å². The summed E-state index contributed by atoms with van der Waals surface area (Å²) < 4.78 is 0. The number of benzene rings is 1. The maximum absolute atomic E-state index is 11.9. The number of Topliss-reactive ketones (excluding diaryl/α,β-unsaturated/α-hetero) is 1. The summed E-state index contributed by atoms with van der Waals surface area (Å²) >= 11 is 0. The van der Waals surface area contributed by atoms with Gasteiger partial charge in [-0.25, -0.2) is 0 Å². The summed E-state index contributed by atoms with van der Waals surface area (Å²) in [6, 6.07) is 7.87. The molecule has 0 bridgehead atoms. The van der Waals surface area contributed by atoms with Crippen LogP contribution in [0.1, 0.15) is 28.8 Å². The highest BCUT2D eigenvalue weighted by Gasteiger charge is 2.18. The van der Waals surface area contributed by atoms with Crippen molar-refractivity contribution in [3.8, 4) is 0 Å². The third-order valence-electron chi connectivity index (χ3n) is 2.98. The highest BCUT2D eigenvalue weighted by molar-refractivity contribution is 5.96. The lowest BCUT2D eigenvalue weighted by atomic mass is 9.97. The smallest absolute Gasteiger partial charge is 0.163 e. The molecule has 15 heavy (non-hydrogen) atoms. The molecule has 1 aliphatic heterocycles. The molecule has 1 aromatic carbocycles. The van der Waals surface area contributed by atoms with Crippen molar-refractivity contribution in [1.82, 2.24) is 5.32 Å². The summed E-state index contributed by atoms with van der Waals surface area (Å²) in [4.78, 5) is 11.9. The van der Waals surface area contributed by atoms with E-state index < -0.39 is 0 Å². The molecular formula is C13H17NO. The molecule has 0 spiro atoms. The molecule has 0 amide bonds. The topological polar surface area (TPSA) is 29.1 Å². The van der Waals surface area contributed by atoms with Crippen LogP contribution in [0, 0.1) is 12.8 Å². The lowest BCUT2D eigenvalue weighted by Crippen LogP contribution is -2.12. The van der Waals surface area contributed by atoms with Crippen molar-refractivity contribution >= 4 is 5.78 Å². The van der Waals surface area contributed by atoms with Crippen molar-refractivity contribution in [2.75, 3.05) is 13.1 Å². The molecule has 1 heterocycles. The average molecular weight is 203 g/mol. The SMILES string of the molecule is Cc1cccc(C(=O)CC2CCNC2)c1. The molecule has 1 fully saturated rings. The molecule has 2 nitrogen and oxygen atoms in total. The number of hydrogen-bond acceptors (Lipinski definition) is 2. The molecule has 0 saturated carbocycles. The Kier molecular flexibility index (Phi) is 3.17. The Bertz CT molecular complexity index is 353. The molecule has 1 atom stereocenters. The number of rotatable bonds is 3. The first-order valence-corrected chi connectivity index (χ1v) is 5.56. The first-order chi connectivity index (χ1) is 7.25. The zero-order valence-electron chi connectivity index (χ0n) is 9.12. The second kappa shape index (κ2) is 4.58. The Morgan fingerprint density at radius 1 is 1.53 bits per heavy atom. The van der Waals surface area contributed by atoms with E-state index in [0.29, 0.717) is 12.3 Å². The molecule has 0 aromatic heterocycles. The van der Waals surface area contributed by atoms with Gasteiger partial charge in [0.2, 0.25) is 0 Å². The summed E-state index contributed by atoms with van der Waals surface area (Å²) in [6.45, 7) is 4.08. The zero-order chi connectivity index (χ0) is 10.7. The van der Waals surface area contributed by atoms with E-state index in [2.05, 4.69) is 5.32 Å². The fraction of sp³-hybridized carbons (Fsp3) is 0.462. The van der Waals surface area contributed by atoms with E-state index >= 15 is 0 Å². The molecule has 80 valence electrons. The fourth-order valence-electron chi connectivity index (χ4n) is 2.09. The third kappa shape index (κ3) is 2.66. The number of ketones is 1. The van der Waals surface area contributed by atoms with Crippen molar-refractivity contribution in [2.24, 2.45) is 5.92 Å². The van der Waals surface area contributed by atoms with Crippen LogP contribution in [-0.4, -0.2) is 18.9 Å². The monoisotopic (exact) mass is 203 g/mol. The quantitative estimate of drug-likeness (QED) is 0.763. The second-order valence-electron chi connectivity index (χ2n) is 4.36. The molecular weight excluding hydrogens is 186 g/mol. The van der Waals surface area contributed by atoms with Crippen molar-refractivity contribution in [1.29, 1.82) is 0 Å². The van der Waals surface area contributed by atoms with Gasteiger partial charge in [0.1, 0.15) is 0 Å². The van der Waals surface area contributed by atoms with Gasteiger partial charge < -0.3 is 5.32 Å². The maximum atomic E-state index is 11.9. The zero-order valence-corrected chi connectivity index (χ0v) is 9.12. The van der Waals surface area contributed by atoms with E-state index in [1.807, 2.05) is 31.2 Å². The molecule has 2 heteroatoms. The first kappa shape index (κ1) is 10.4. The van der Waals surface area contributed by atoms with E-state index in [9.17, 15) is 4.79 Å². The van der Waals surface area contributed by atoms with Gasteiger partial charge in [-0.1, -0.05) is 23.8 Å². The molecule has 1 aromatic rings. The Morgan fingerprint density at radius 3 is 3.07 bits per heavy atom. The lowest BCUT2D eigenvalue weighted by molar-refractivity contribution is 0.0964. The van der Waals surface area contributed by atoms with Gasteiger partial charge in [-0.05, 0) is 38.4 Å². The predicted octanol–water partition coefficient (Wildman–Crippen LogP) is 2.18. The Morgan fingerprint density at radius 2 is 2.40 bits per heavy atom. The van der Waals surface area contributed by atoms with Crippen LogP contribution in [0.2, 0.25) is 0 Å². The van der Waals surface area contributed by atoms with Crippen LogP contribution in [-0.2, 0) is 0 Å². The largest absolute Gasteiger partial charge is 0.316 e. The summed E-state index contributed by atoms with van der Waals surface area (Å²) in [6.07, 6.45) is 1.83. The highest BCUT2D eigenvalue weighted by atomic mass is 16.1. The van der Waals surface area contributed by atoms with Gasteiger partial charge in [-0.2, -0.15) is 0 Å². The highest BCUT2D eigenvalue weighted by Crippen LogP contribution is 2.16. The average Bonchev–Trinajstić information content (AvgIpc) is 2.70. The standard InChI is InChI=1S/C13H17NO/c1-10-3-2-4-12(7-10)13(15)8-11-5-6-14-9-11/h2-4,7,11,14H,5-6,8-9H2,1H3. The molecule has 2 rings (SSSR count). The van der Waals surface area contributed by atoms with Crippen molar-refractivity contribution < 1.29 is 4.79 Å². The van der Waals surface area contributed by atoms with Crippen LogP contribution in [0.15, 0.2) is 24.3 Å². The second-order valence-corrected chi connectivity index (χ2v) is 4.36. The normalized spacial score (nSPS) is 20.5. The van der Waals surface area contributed by atoms with Crippen LogP contribution >= 0.6 is 0 Å². The molecule has 1 N–H and O–H groups in total. The van der Waals surface area contributed by atoms with Gasteiger partial charge in [0.25, 0.3) is 0 Å². The predicted molar refractivity (Wildman–Crippen MR) is 61.1 cm³/mol. The van der Waals surface area contributed by atoms with Gasteiger partial charge in [0.15, 0.2) is 5.78 Å². The summed E-state index contributed by atoms with van der Waals surface area (Å²) in [5.41, 5.74) is 2.02. The molecule has 1 unspecified atom stereocenters. The summed E-state index contributed by atoms with van der Waals surface area (Å²) in [5.74, 6) is 0.824. The van der Waals surface area contributed by atoms with Crippen LogP contribution in [0.25, 0.3) is 0 Å². The van der Waals surface area contributed by atoms with E-state index in [1.54, 1.807) is 0 Å². The van der Waals surface area contributed by atoms with Crippen LogP contribution in [0.3, 0.4) is 0 Å². The maximum Gasteiger partial charge on any atom is 0.163 e. The Balaban J connectivity index is 2.01. The minimum atomic E-state index is 0.285. The van der Waals surface area contributed by atoms with Gasteiger partial charge in [0, 0.05) is 12.0 Å². The fourth-order valence-corrected chi connectivity index (χ4v) is 2.09. The van der Waals surface area contributed by atoms with Gasteiger partial charge in [0.05, 0.1) is 0 Å². The van der Waals surface area contributed by atoms with Crippen LogP contribution in [0.4, 0.5) is 0 Å². The molecule has 0 radical (unpaired) electrons. The summed E-state index contributed by atoms with van der Waals surface area (Å²) in [7, 11) is 0. The number of aryl methyl sites for hydroxylation is 1. The minimum absolute atomic E-state index is 0.285. The van der Waals surface area contributed by atoms with Crippen LogP contribution < -0.4 is 5.32 Å². The Hall–Kier alpha value is -1.15. The number of carbonyl (C=O) groups is 1. The van der Waals surface area contributed by atoms with E-state index in [-0.39, 0.29) is 5.78 Å². The molecule has 1 aliphatic rings. The Labute approximate surface area is 90.7 Å². The lowest BCUT2D eigenvalue weighted by Gasteiger charge is -2.07. The van der Waals surface area contributed by atoms with Crippen LogP contribution in [0.5, 0.6) is 0 Å². The van der Waals surface area contributed by atoms with Crippen molar-refractivity contribution in [3.05, 3.63) is 35.4 Å². The van der Waals surface area contributed by atoms with E-state index in [4.69, 9.17) is 0 Å². The van der Waals surface area contributed by atoms with E-state index in [1.165, 1.54) is 0 Å². The minimum Gasteiger partial charge on any atom is -0.316 e.